The van der Waals surface area contributed by atoms with E-state index in [4.69, 9.17) is 4.74 Å². The molecule has 26 heavy (non-hydrogen) atoms. The Kier molecular flexibility index (Phi) is 6.84. The molecule has 0 saturated carbocycles. The summed E-state index contributed by atoms with van der Waals surface area (Å²) < 4.78 is 22.5. The lowest BCUT2D eigenvalue weighted by Crippen LogP contribution is -2.28. The van der Waals surface area contributed by atoms with E-state index in [1.807, 2.05) is 0 Å². The smallest absolute Gasteiger partial charge is 0.337 e. The number of amides is 1. The predicted octanol–water partition coefficient (Wildman–Crippen LogP) is 2.01. The Morgan fingerprint density at radius 2 is 1.77 bits per heavy atom. The average Bonchev–Trinajstić information content (AvgIpc) is 2.64. The Balaban J connectivity index is 1.73. The summed E-state index contributed by atoms with van der Waals surface area (Å²) >= 11 is 0. The van der Waals surface area contributed by atoms with E-state index < -0.39 is 30.3 Å². The Morgan fingerprint density at radius 3 is 2.42 bits per heavy atom. The molecule has 6 nitrogen and oxygen atoms in total. The number of hydrogen-bond donors (Lipinski definition) is 1. The van der Waals surface area contributed by atoms with Gasteiger partial charge in [-0.25, -0.2) is 9.18 Å². The fourth-order valence-electron chi connectivity index (χ4n) is 2.14. The number of methoxy groups -OCH3 is 1. The summed E-state index contributed by atoms with van der Waals surface area (Å²) in [5.41, 5.74) is 1.66. The van der Waals surface area contributed by atoms with Crippen molar-refractivity contribution < 1.29 is 28.2 Å². The molecular formula is C19H18FNO5. The molecule has 0 aliphatic rings. The van der Waals surface area contributed by atoms with Crippen molar-refractivity contribution in [3.8, 4) is 0 Å². The lowest BCUT2D eigenvalue weighted by molar-refractivity contribution is -0.147. The van der Waals surface area contributed by atoms with E-state index >= 15 is 0 Å². The van der Waals surface area contributed by atoms with Gasteiger partial charge in [0.05, 0.1) is 19.1 Å². The first-order valence-electron chi connectivity index (χ1n) is 7.82. The molecule has 136 valence electrons. The molecule has 0 atom stereocenters. The molecule has 0 unspecified atom stereocenters. The number of halogens is 1. The van der Waals surface area contributed by atoms with E-state index in [0.29, 0.717) is 11.1 Å². The number of rotatable bonds is 7. The molecule has 0 aromatic heterocycles. The van der Waals surface area contributed by atoms with Crippen LogP contribution in [0.3, 0.4) is 0 Å². The molecule has 0 aliphatic heterocycles. The average molecular weight is 359 g/mol. The predicted molar refractivity (Wildman–Crippen MR) is 90.7 cm³/mol. The van der Waals surface area contributed by atoms with Crippen LogP contribution in [0.5, 0.6) is 0 Å². The minimum absolute atomic E-state index is 0.111. The highest BCUT2D eigenvalue weighted by atomic mass is 19.1. The van der Waals surface area contributed by atoms with Crippen molar-refractivity contribution in [2.24, 2.45) is 0 Å². The van der Waals surface area contributed by atoms with Crippen molar-refractivity contribution in [2.45, 2.75) is 13.0 Å². The highest BCUT2D eigenvalue weighted by molar-refractivity contribution is 5.89. The van der Waals surface area contributed by atoms with E-state index in [-0.39, 0.29) is 13.0 Å². The Labute approximate surface area is 149 Å². The van der Waals surface area contributed by atoms with Crippen molar-refractivity contribution in [1.29, 1.82) is 0 Å². The summed E-state index contributed by atoms with van der Waals surface area (Å²) in [6.07, 6.45) is -0.111. The maximum atomic E-state index is 13.0. The van der Waals surface area contributed by atoms with Gasteiger partial charge in [-0.2, -0.15) is 0 Å². The summed E-state index contributed by atoms with van der Waals surface area (Å²) in [6, 6.07) is 12.2. The normalized spacial score (nSPS) is 10.1. The summed E-state index contributed by atoms with van der Waals surface area (Å²) in [5.74, 6) is -1.96. The van der Waals surface area contributed by atoms with Gasteiger partial charge in [0.25, 0.3) is 5.91 Å². The summed E-state index contributed by atoms with van der Waals surface area (Å²) in [7, 11) is 1.30. The zero-order valence-electron chi connectivity index (χ0n) is 14.2. The van der Waals surface area contributed by atoms with Crippen molar-refractivity contribution in [2.75, 3.05) is 13.7 Å². The molecule has 0 bridgehead atoms. The highest BCUT2D eigenvalue weighted by Gasteiger charge is 2.09. The molecule has 0 heterocycles. The monoisotopic (exact) mass is 359 g/mol. The minimum Gasteiger partial charge on any atom is -0.465 e. The third-order valence-electron chi connectivity index (χ3n) is 3.47. The Bertz CT molecular complexity index is 789. The number of esters is 2. The van der Waals surface area contributed by atoms with E-state index in [0.717, 1.165) is 5.56 Å². The van der Waals surface area contributed by atoms with Crippen LogP contribution in [0.15, 0.2) is 48.5 Å². The number of carbonyl (C=O) groups is 3. The fourth-order valence-corrected chi connectivity index (χ4v) is 2.14. The molecule has 0 fully saturated rings. The van der Waals surface area contributed by atoms with Gasteiger partial charge in [-0.3, -0.25) is 9.59 Å². The Hall–Kier alpha value is -3.22. The standard InChI is InChI=1S/C19H18FNO5/c1-25-19(24)15-7-5-13(6-8-15)11-21-17(22)12-26-18(23)10-14-3-2-4-16(20)9-14/h2-9H,10-12H2,1H3,(H,21,22). The lowest BCUT2D eigenvalue weighted by atomic mass is 10.1. The molecule has 2 aromatic carbocycles. The van der Waals surface area contributed by atoms with E-state index in [2.05, 4.69) is 10.1 Å². The molecule has 1 N–H and O–H groups in total. The topological polar surface area (TPSA) is 81.7 Å². The number of carbonyl (C=O) groups excluding carboxylic acids is 3. The second-order valence-corrected chi connectivity index (χ2v) is 5.43. The van der Waals surface area contributed by atoms with Gasteiger partial charge in [-0.05, 0) is 35.4 Å². The van der Waals surface area contributed by atoms with Gasteiger partial charge >= 0.3 is 11.9 Å². The third kappa shape index (κ3) is 6.01. The van der Waals surface area contributed by atoms with Gasteiger partial charge in [0.15, 0.2) is 6.61 Å². The van der Waals surface area contributed by atoms with Gasteiger partial charge in [-0.15, -0.1) is 0 Å². The molecular weight excluding hydrogens is 341 g/mol. The maximum Gasteiger partial charge on any atom is 0.337 e. The van der Waals surface area contributed by atoms with Crippen LogP contribution in [0.1, 0.15) is 21.5 Å². The van der Waals surface area contributed by atoms with Crippen molar-refractivity contribution in [3.63, 3.8) is 0 Å². The second-order valence-electron chi connectivity index (χ2n) is 5.43. The first kappa shape index (κ1) is 19.1. The first-order chi connectivity index (χ1) is 12.5. The highest BCUT2D eigenvalue weighted by Crippen LogP contribution is 2.06. The zero-order chi connectivity index (χ0) is 18.9. The van der Waals surface area contributed by atoms with Crippen LogP contribution in [0, 0.1) is 5.82 Å². The quantitative estimate of drug-likeness (QED) is 0.765. The van der Waals surface area contributed by atoms with Gasteiger partial charge in [0.1, 0.15) is 5.82 Å². The lowest BCUT2D eigenvalue weighted by Gasteiger charge is -2.07. The van der Waals surface area contributed by atoms with E-state index in [9.17, 15) is 18.8 Å². The largest absolute Gasteiger partial charge is 0.465 e. The SMILES string of the molecule is COC(=O)c1ccc(CNC(=O)COC(=O)Cc2cccc(F)c2)cc1. The number of hydrogen-bond acceptors (Lipinski definition) is 5. The summed E-state index contributed by atoms with van der Waals surface area (Å²) in [5, 5.41) is 2.60. The van der Waals surface area contributed by atoms with Crippen LogP contribution in [-0.2, 0) is 32.0 Å². The Morgan fingerprint density at radius 1 is 1.04 bits per heavy atom. The van der Waals surface area contributed by atoms with Gasteiger partial charge in [-0.1, -0.05) is 24.3 Å². The number of ether oxygens (including phenoxy) is 2. The van der Waals surface area contributed by atoms with Crippen molar-refractivity contribution in [1.82, 2.24) is 5.32 Å². The van der Waals surface area contributed by atoms with Gasteiger partial charge < -0.3 is 14.8 Å². The second kappa shape index (κ2) is 9.31. The van der Waals surface area contributed by atoms with E-state index in [1.165, 1.54) is 25.3 Å². The van der Waals surface area contributed by atoms with Crippen LogP contribution >= 0.6 is 0 Å². The van der Waals surface area contributed by atoms with Crippen LogP contribution in [-0.4, -0.2) is 31.6 Å². The molecule has 0 spiro atoms. The maximum absolute atomic E-state index is 13.0. The van der Waals surface area contributed by atoms with Gasteiger partial charge in [0, 0.05) is 6.54 Å². The molecule has 0 aliphatic carbocycles. The van der Waals surface area contributed by atoms with Crippen LogP contribution in [0.25, 0.3) is 0 Å². The molecule has 7 heteroatoms. The van der Waals surface area contributed by atoms with Gasteiger partial charge in [0.2, 0.25) is 0 Å². The number of benzene rings is 2. The van der Waals surface area contributed by atoms with Crippen molar-refractivity contribution >= 4 is 17.8 Å². The molecule has 2 rings (SSSR count). The van der Waals surface area contributed by atoms with Crippen LogP contribution in [0.2, 0.25) is 0 Å². The first-order valence-corrected chi connectivity index (χ1v) is 7.82. The minimum atomic E-state index is -0.617. The molecule has 0 saturated heterocycles. The fraction of sp³-hybridized carbons (Fsp3) is 0.211. The molecule has 0 radical (unpaired) electrons. The van der Waals surface area contributed by atoms with Crippen LogP contribution < -0.4 is 5.32 Å². The van der Waals surface area contributed by atoms with E-state index in [1.54, 1.807) is 30.3 Å². The zero-order valence-corrected chi connectivity index (χ0v) is 14.2. The summed E-state index contributed by atoms with van der Waals surface area (Å²) in [4.78, 5) is 34.7. The third-order valence-corrected chi connectivity index (χ3v) is 3.47. The molecule has 1 amide bonds. The molecule has 2 aromatic rings. The van der Waals surface area contributed by atoms with Crippen molar-refractivity contribution in [3.05, 3.63) is 71.0 Å². The summed E-state index contributed by atoms with van der Waals surface area (Å²) in [6.45, 7) is -0.198. The number of nitrogens with one attached hydrogen (secondary N) is 1. The van der Waals surface area contributed by atoms with Crippen LogP contribution in [0.4, 0.5) is 4.39 Å².